The average molecular weight is 543 g/mol. The number of carboxylic acid groups (broad SMARTS) is 1. The predicted octanol–water partition coefficient (Wildman–Crippen LogP) is 5.71. The van der Waals surface area contributed by atoms with Crippen LogP contribution in [-0.2, 0) is 11.3 Å². The first-order valence-electron chi connectivity index (χ1n) is 11.5. The largest absolute Gasteiger partial charge is 0.465 e. The van der Waals surface area contributed by atoms with Crippen molar-refractivity contribution in [3.05, 3.63) is 15.5 Å². The number of aromatic nitrogens is 2. The van der Waals surface area contributed by atoms with Gasteiger partial charge in [0, 0.05) is 24.3 Å². The third-order valence-corrected chi connectivity index (χ3v) is 9.00. The summed E-state index contributed by atoms with van der Waals surface area (Å²) in [7, 11) is 0. The summed E-state index contributed by atoms with van der Waals surface area (Å²) in [6.45, 7) is 14.7. The van der Waals surface area contributed by atoms with Gasteiger partial charge in [-0.05, 0) is 105 Å². The highest BCUT2D eigenvalue weighted by Gasteiger charge is 2.66. The molecule has 1 aromatic heterocycles. The number of halogens is 1. The maximum absolute atomic E-state index is 11.8. The molecule has 2 unspecified atom stereocenters. The standard InChI is InChI=1S/C24H38IN3O3/c1-17-18(25)9-26-28(17)16-23-11-21(5)10-22(6,12-23)14-24(13-21,15-23)31-8-7-27(19(29)30)20(2,3)4/h9H,7-8,10-16H2,1-6H3,(H,29,30). The first-order chi connectivity index (χ1) is 14.2. The molecule has 0 aliphatic heterocycles. The molecular weight excluding hydrogens is 505 g/mol. The molecule has 31 heavy (non-hydrogen) atoms. The molecule has 0 aromatic carbocycles. The highest BCUT2D eigenvalue weighted by Crippen LogP contribution is 2.72. The molecule has 4 saturated carbocycles. The van der Waals surface area contributed by atoms with Crippen molar-refractivity contribution in [3.8, 4) is 0 Å². The molecule has 4 fully saturated rings. The molecule has 174 valence electrons. The zero-order valence-corrected chi connectivity index (χ0v) is 22.1. The zero-order chi connectivity index (χ0) is 22.9. The third kappa shape index (κ3) is 4.37. The smallest absolute Gasteiger partial charge is 0.407 e. The molecule has 1 aromatic rings. The van der Waals surface area contributed by atoms with E-state index in [1.165, 1.54) is 33.4 Å². The highest BCUT2D eigenvalue weighted by molar-refractivity contribution is 14.1. The molecule has 0 radical (unpaired) electrons. The van der Waals surface area contributed by atoms with Gasteiger partial charge in [0.05, 0.1) is 22.0 Å². The fourth-order valence-corrected chi connectivity index (χ4v) is 8.53. The minimum absolute atomic E-state index is 0.144. The summed E-state index contributed by atoms with van der Waals surface area (Å²) >= 11 is 2.37. The number of ether oxygens (including phenoxy) is 1. The lowest BCUT2D eigenvalue weighted by Crippen LogP contribution is -2.64. The molecule has 4 aliphatic rings. The summed E-state index contributed by atoms with van der Waals surface area (Å²) in [5, 5.41) is 14.3. The quantitative estimate of drug-likeness (QED) is 0.467. The van der Waals surface area contributed by atoms with Crippen molar-refractivity contribution in [1.29, 1.82) is 0 Å². The van der Waals surface area contributed by atoms with Gasteiger partial charge >= 0.3 is 6.09 Å². The topological polar surface area (TPSA) is 67.6 Å². The maximum atomic E-state index is 11.8. The molecule has 0 saturated heterocycles. The Morgan fingerprint density at radius 2 is 1.81 bits per heavy atom. The van der Waals surface area contributed by atoms with E-state index in [0.29, 0.717) is 13.2 Å². The van der Waals surface area contributed by atoms with Crippen molar-refractivity contribution in [1.82, 2.24) is 14.7 Å². The van der Waals surface area contributed by atoms with Gasteiger partial charge in [0.15, 0.2) is 0 Å². The molecule has 4 aliphatic carbocycles. The average Bonchev–Trinajstić information content (AvgIpc) is 2.85. The van der Waals surface area contributed by atoms with E-state index in [1.807, 2.05) is 27.0 Å². The molecular formula is C24H38IN3O3. The van der Waals surface area contributed by atoms with Crippen molar-refractivity contribution < 1.29 is 14.6 Å². The molecule has 1 heterocycles. The molecule has 1 N–H and O–H groups in total. The van der Waals surface area contributed by atoms with Crippen molar-refractivity contribution in [2.24, 2.45) is 16.2 Å². The van der Waals surface area contributed by atoms with Crippen LogP contribution in [0.3, 0.4) is 0 Å². The van der Waals surface area contributed by atoms with Gasteiger partial charge in [-0.3, -0.25) is 4.68 Å². The first kappa shape index (κ1) is 23.3. The van der Waals surface area contributed by atoms with Crippen molar-refractivity contribution in [3.63, 3.8) is 0 Å². The van der Waals surface area contributed by atoms with Crippen molar-refractivity contribution in [2.45, 2.75) is 97.8 Å². The lowest BCUT2D eigenvalue weighted by molar-refractivity contribution is -0.249. The Morgan fingerprint density at radius 3 is 2.29 bits per heavy atom. The van der Waals surface area contributed by atoms with Crippen LogP contribution in [0.4, 0.5) is 4.79 Å². The molecule has 6 nitrogen and oxygen atoms in total. The van der Waals surface area contributed by atoms with Crippen LogP contribution >= 0.6 is 22.6 Å². The fraction of sp³-hybridized carbons (Fsp3) is 0.833. The lowest BCUT2D eigenvalue weighted by atomic mass is 9.39. The Hall–Kier alpha value is -0.830. The maximum Gasteiger partial charge on any atom is 0.407 e. The summed E-state index contributed by atoms with van der Waals surface area (Å²) < 4.78 is 10.1. The minimum atomic E-state index is -0.874. The summed E-state index contributed by atoms with van der Waals surface area (Å²) in [5.41, 5.74) is 1.46. The van der Waals surface area contributed by atoms with E-state index in [9.17, 15) is 9.90 Å². The Kier molecular flexibility index (Phi) is 5.52. The molecule has 1 amide bonds. The molecule has 0 spiro atoms. The SMILES string of the molecule is Cc1c(I)cnn1CC12CC3(C)CC(C)(C1)CC(OCCN(C(=O)O)C(C)(C)C)(C3)C2. The minimum Gasteiger partial charge on any atom is -0.465 e. The third-order valence-electron chi connectivity index (χ3n) is 7.94. The normalized spacial score (nSPS) is 36.7. The zero-order valence-electron chi connectivity index (χ0n) is 19.9. The number of hydrogen-bond acceptors (Lipinski definition) is 3. The number of rotatable bonds is 6. The number of carbonyl (C=O) groups is 1. The molecule has 2 atom stereocenters. The van der Waals surface area contributed by atoms with Crippen LogP contribution in [-0.4, -0.2) is 50.2 Å². The van der Waals surface area contributed by atoms with Gasteiger partial charge in [-0.1, -0.05) is 13.8 Å². The first-order valence-corrected chi connectivity index (χ1v) is 12.6. The van der Waals surface area contributed by atoms with E-state index in [-0.39, 0.29) is 21.8 Å². The van der Waals surface area contributed by atoms with Gasteiger partial charge in [0.25, 0.3) is 0 Å². The van der Waals surface area contributed by atoms with Crippen LogP contribution < -0.4 is 0 Å². The van der Waals surface area contributed by atoms with Gasteiger partial charge in [-0.2, -0.15) is 5.10 Å². The lowest BCUT2D eigenvalue weighted by Gasteiger charge is -2.69. The van der Waals surface area contributed by atoms with Crippen LogP contribution in [0.5, 0.6) is 0 Å². The summed E-state index contributed by atoms with van der Waals surface area (Å²) in [5.74, 6) is 0. The summed E-state index contributed by atoms with van der Waals surface area (Å²) in [6.07, 6.45) is 8.08. The number of hydrogen-bond donors (Lipinski definition) is 1. The van der Waals surface area contributed by atoms with Gasteiger partial charge in [-0.25, -0.2) is 4.79 Å². The van der Waals surface area contributed by atoms with Crippen molar-refractivity contribution >= 4 is 28.7 Å². The fourth-order valence-electron chi connectivity index (χ4n) is 8.12. The van der Waals surface area contributed by atoms with Crippen LogP contribution in [0.1, 0.15) is 78.8 Å². The van der Waals surface area contributed by atoms with Gasteiger partial charge in [0.1, 0.15) is 0 Å². The molecule has 4 bridgehead atoms. The number of amides is 1. The Bertz CT molecular complexity index is 856. The summed E-state index contributed by atoms with van der Waals surface area (Å²) in [6, 6.07) is 0. The number of nitrogens with zero attached hydrogens (tertiary/aromatic N) is 3. The predicted molar refractivity (Wildman–Crippen MR) is 129 cm³/mol. The second-order valence-electron chi connectivity index (χ2n) is 12.6. The molecule has 7 heteroatoms. The Morgan fingerprint density at radius 1 is 1.19 bits per heavy atom. The van der Waals surface area contributed by atoms with E-state index in [4.69, 9.17) is 4.74 Å². The van der Waals surface area contributed by atoms with E-state index in [0.717, 1.165) is 25.8 Å². The Labute approximate surface area is 200 Å². The van der Waals surface area contributed by atoms with Crippen LogP contribution in [0.15, 0.2) is 6.20 Å². The Balaban J connectivity index is 1.56. The summed E-state index contributed by atoms with van der Waals surface area (Å²) in [4.78, 5) is 13.3. The monoisotopic (exact) mass is 543 g/mol. The van der Waals surface area contributed by atoms with Gasteiger partial charge in [-0.15, -0.1) is 0 Å². The van der Waals surface area contributed by atoms with E-state index in [1.54, 1.807) is 0 Å². The molecule has 5 rings (SSSR count). The van der Waals surface area contributed by atoms with Gasteiger partial charge < -0.3 is 14.7 Å². The van der Waals surface area contributed by atoms with Crippen LogP contribution in [0.2, 0.25) is 0 Å². The second-order valence-corrected chi connectivity index (χ2v) is 13.7. The van der Waals surface area contributed by atoms with E-state index in [2.05, 4.69) is 53.1 Å². The second kappa shape index (κ2) is 7.34. The van der Waals surface area contributed by atoms with Crippen LogP contribution in [0, 0.1) is 26.7 Å². The highest BCUT2D eigenvalue weighted by atomic mass is 127. The van der Waals surface area contributed by atoms with E-state index >= 15 is 0 Å². The van der Waals surface area contributed by atoms with Crippen LogP contribution in [0.25, 0.3) is 0 Å². The van der Waals surface area contributed by atoms with Crippen molar-refractivity contribution in [2.75, 3.05) is 13.2 Å². The van der Waals surface area contributed by atoms with E-state index < -0.39 is 11.6 Å². The van der Waals surface area contributed by atoms with Gasteiger partial charge in [0.2, 0.25) is 0 Å².